The van der Waals surface area contributed by atoms with Crippen LogP contribution in [-0.4, -0.2) is 65.7 Å². The van der Waals surface area contributed by atoms with E-state index in [4.69, 9.17) is 9.84 Å². The zero-order valence-electron chi connectivity index (χ0n) is 19.3. The van der Waals surface area contributed by atoms with Gasteiger partial charge in [0.15, 0.2) is 0 Å². The number of fused-ring (bicyclic) bond motifs is 2. The Hall–Kier alpha value is -2.97. The number of nitrogens with zero attached hydrogens (tertiary/aromatic N) is 1. The Balaban J connectivity index is 1.45. The molecule has 3 heterocycles. The van der Waals surface area contributed by atoms with Crippen molar-refractivity contribution < 1.29 is 24.2 Å². The molecular formula is C26H31N3O5. The third-order valence-corrected chi connectivity index (χ3v) is 7.67. The number of nitrogens with one attached hydrogen (secondary N) is 2. The van der Waals surface area contributed by atoms with Gasteiger partial charge in [0.2, 0.25) is 17.7 Å². The van der Waals surface area contributed by atoms with E-state index in [1.165, 1.54) is 0 Å². The molecule has 0 saturated carbocycles. The van der Waals surface area contributed by atoms with Crippen LogP contribution in [0.4, 0.5) is 5.69 Å². The van der Waals surface area contributed by atoms with Gasteiger partial charge in [-0.15, -0.1) is 0 Å². The maximum Gasteiger partial charge on any atom is 0.250 e. The second-order valence-electron chi connectivity index (χ2n) is 9.54. The molecule has 3 aliphatic rings. The summed E-state index contributed by atoms with van der Waals surface area (Å²) in [5.41, 5.74) is -0.330. The fourth-order valence-electron chi connectivity index (χ4n) is 6.21. The van der Waals surface area contributed by atoms with Gasteiger partial charge in [0.1, 0.15) is 11.6 Å². The van der Waals surface area contributed by atoms with Crippen molar-refractivity contribution in [2.45, 2.75) is 49.9 Å². The topological polar surface area (TPSA) is 108 Å². The van der Waals surface area contributed by atoms with Crippen LogP contribution >= 0.6 is 0 Å². The Morgan fingerprint density at radius 3 is 2.68 bits per heavy atom. The van der Waals surface area contributed by atoms with Gasteiger partial charge in [-0.1, -0.05) is 30.3 Å². The lowest BCUT2D eigenvalue weighted by atomic mass is 9.70. The Morgan fingerprint density at radius 2 is 1.91 bits per heavy atom. The normalized spacial score (nSPS) is 29.5. The summed E-state index contributed by atoms with van der Waals surface area (Å²) < 4.78 is 6.37. The van der Waals surface area contributed by atoms with Crippen LogP contribution in [0, 0.1) is 11.8 Å². The highest BCUT2D eigenvalue weighted by molar-refractivity contribution is 6.04. The second kappa shape index (κ2) is 9.00. The monoisotopic (exact) mass is 465 g/mol. The van der Waals surface area contributed by atoms with Gasteiger partial charge >= 0.3 is 0 Å². The van der Waals surface area contributed by atoms with Gasteiger partial charge in [-0.2, -0.15) is 0 Å². The zero-order valence-corrected chi connectivity index (χ0v) is 19.3. The maximum absolute atomic E-state index is 13.7. The number of amides is 3. The van der Waals surface area contributed by atoms with Crippen LogP contribution in [0.1, 0.15) is 32.1 Å². The SMILES string of the molecule is CNC(=O)[C@@H]1[C@H]2C(=O)N(CCCCCO)C(C(=O)Nc3ccc4ccccc4c3)C23CC[C@H]1O3. The van der Waals surface area contributed by atoms with Gasteiger partial charge in [0, 0.05) is 25.9 Å². The molecule has 2 bridgehead atoms. The third kappa shape index (κ3) is 3.56. The molecule has 2 aromatic carbocycles. The lowest BCUT2D eigenvalue weighted by Gasteiger charge is -2.33. The number of anilines is 1. The first-order chi connectivity index (χ1) is 16.5. The highest BCUT2D eigenvalue weighted by atomic mass is 16.5. The zero-order chi connectivity index (χ0) is 23.9. The smallest absolute Gasteiger partial charge is 0.250 e. The largest absolute Gasteiger partial charge is 0.396 e. The van der Waals surface area contributed by atoms with Crippen molar-refractivity contribution in [3.8, 4) is 0 Å². The van der Waals surface area contributed by atoms with Gasteiger partial charge in [0.25, 0.3) is 0 Å². The van der Waals surface area contributed by atoms with Crippen LogP contribution in [0.5, 0.6) is 0 Å². The summed E-state index contributed by atoms with van der Waals surface area (Å²) >= 11 is 0. The summed E-state index contributed by atoms with van der Waals surface area (Å²) in [7, 11) is 1.57. The number of carbonyl (C=O) groups is 3. The number of aliphatic hydroxyl groups excluding tert-OH is 1. The van der Waals surface area contributed by atoms with Crippen LogP contribution in [-0.2, 0) is 19.1 Å². The van der Waals surface area contributed by atoms with Crippen LogP contribution in [0.3, 0.4) is 0 Å². The molecule has 180 valence electrons. The molecule has 0 aromatic heterocycles. The molecule has 3 saturated heterocycles. The van der Waals surface area contributed by atoms with Crippen LogP contribution in [0.25, 0.3) is 10.8 Å². The molecule has 3 amide bonds. The van der Waals surface area contributed by atoms with E-state index in [9.17, 15) is 14.4 Å². The number of hydrogen-bond donors (Lipinski definition) is 3. The van der Waals surface area contributed by atoms with Gasteiger partial charge in [-0.3, -0.25) is 14.4 Å². The van der Waals surface area contributed by atoms with Crippen molar-refractivity contribution >= 4 is 34.2 Å². The summed E-state index contributed by atoms with van der Waals surface area (Å²) in [6.45, 7) is 0.483. The molecule has 2 aromatic rings. The average molecular weight is 466 g/mol. The van der Waals surface area contributed by atoms with E-state index in [0.717, 1.165) is 17.2 Å². The first-order valence-electron chi connectivity index (χ1n) is 12.1. The number of rotatable bonds is 8. The second-order valence-corrected chi connectivity index (χ2v) is 9.54. The highest BCUT2D eigenvalue weighted by Gasteiger charge is 2.74. The van der Waals surface area contributed by atoms with Gasteiger partial charge in [-0.25, -0.2) is 0 Å². The predicted molar refractivity (Wildman–Crippen MR) is 127 cm³/mol. The number of carbonyl (C=O) groups excluding carboxylic acids is 3. The standard InChI is InChI=1S/C26H31N3O5/c1-27-23(31)20-19-11-12-26(34-19)21(20)25(33)29(13-5-2-6-14-30)22(26)24(32)28-18-10-9-16-7-3-4-8-17(16)15-18/h3-4,7-10,15,19-22,30H,2,5-6,11-14H2,1H3,(H,27,31)(H,28,32)/t19-,20+,21+,22?,26?/m1/s1. The van der Waals surface area contributed by atoms with E-state index in [-0.39, 0.29) is 30.4 Å². The van der Waals surface area contributed by atoms with Gasteiger partial charge in [-0.05, 0) is 55.0 Å². The number of ether oxygens (including phenoxy) is 1. The van der Waals surface area contributed by atoms with Crippen molar-refractivity contribution in [3.05, 3.63) is 42.5 Å². The van der Waals surface area contributed by atoms with E-state index < -0.39 is 23.5 Å². The molecule has 3 aliphatic heterocycles. The minimum atomic E-state index is -0.989. The first kappa shape index (κ1) is 22.8. The molecule has 0 radical (unpaired) electrons. The van der Waals surface area contributed by atoms with Crippen molar-refractivity contribution in [1.29, 1.82) is 0 Å². The van der Waals surface area contributed by atoms with E-state index in [1.807, 2.05) is 42.5 Å². The lowest BCUT2D eigenvalue weighted by Crippen LogP contribution is -2.53. The molecule has 8 heteroatoms. The van der Waals surface area contributed by atoms with Crippen molar-refractivity contribution in [1.82, 2.24) is 10.2 Å². The number of unbranched alkanes of at least 4 members (excludes halogenated alkanes) is 2. The maximum atomic E-state index is 13.7. The quantitative estimate of drug-likeness (QED) is 0.518. The number of hydrogen-bond acceptors (Lipinski definition) is 5. The summed E-state index contributed by atoms with van der Waals surface area (Å²) in [5.74, 6) is -1.91. The van der Waals surface area contributed by atoms with Crippen LogP contribution in [0.15, 0.2) is 42.5 Å². The molecule has 34 heavy (non-hydrogen) atoms. The third-order valence-electron chi connectivity index (χ3n) is 7.67. The fraction of sp³-hybridized carbons (Fsp3) is 0.500. The van der Waals surface area contributed by atoms with E-state index >= 15 is 0 Å². The summed E-state index contributed by atoms with van der Waals surface area (Å²) in [4.78, 5) is 41.7. The molecule has 3 fully saturated rings. The minimum Gasteiger partial charge on any atom is -0.396 e. The van der Waals surface area contributed by atoms with E-state index in [0.29, 0.717) is 37.9 Å². The Kier molecular flexibility index (Phi) is 6.04. The van der Waals surface area contributed by atoms with Crippen molar-refractivity contribution in [2.24, 2.45) is 11.8 Å². The molecule has 1 spiro atoms. The lowest BCUT2D eigenvalue weighted by molar-refractivity contribution is -0.140. The minimum absolute atomic E-state index is 0.0932. The Labute approximate surface area is 198 Å². The van der Waals surface area contributed by atoms with Gasteiger partial charge < -0.3 is 25.4 Å². The molecular weight excluding hydrogens is 434 g/mol. The molecule has 5 rings (SSSR count). The Morgan fingerprint density at radius 1 is 1.12 bits per heavy atom. The average Bonchev–Trinajstić information content (AvgIpc) is 3.48. The first-order valence-corrected chi connectivity index (χ1v) is 12.1. The molecule has 5 atom stereocenters. The Bertz CT molecular complexity index is 1120. The molecule has 3 N–H and O–H groups in total. The molecule has 8 nitrogen and oxygen atoms in total. The summed E-state index contributed by atoms with van der Waals surface area (Å²) in [6.07, 6.45) is 2.94. The van der Waals surface area contributed by atoms with Crippen molar-refractivity contribution in [2.75, 3.05) is 25.5 Å². The van der Waals surface area contributed by atoms with Crippen molar-refractivity contribution in [3.63, 3.8) is 0 Å². The number of likely N-dealkylation sites (tertiary alicyclic amines) is 1. The fourth-order valence-corrected chi connectivity index (χ4v) is 6.21. The highest BCUT2D eigenvalue weighted by Crippen LogP contribution is 2.58. The van der Waals surface area contributed by atoms with Gasteiger partial charge in [0.05, 0.1) is 17.9 Å². The summed E-state index contributed by atoms with van der Waals surface area (Å²) in [5, 5.41) is 16.9. The van der Waals surface area contributed by atoms with Crippen LogP contribution in [0.2, 0.25) is 0 Å². The van der Waals surface area contributed by atoms with E-state index in [2.05, 4.69) is 10.6 Å². The molecule has 2 unspecified atom stereocenters. The van der Waals surface area contributed by atoms with E-state index in [1.54, 1.807) is 11.9 Å². The number of aliphatic hydroxyl groups is 1. The van der Waals surface area contributed by atoms with Crippen LogP contribution < -0.4 is 10.6 Å². The predicted octanol–water partition coefficient (Wildman–Crippen LogP) is 2.06. The summed E-state index contributed by atoms with van der Waals surface area (Å²) in [6, 6.07) is 12.9. The molecule has 0 aliphatic carbocycles. The number of benzene rings is 2.